The first-order chi connectivity index (χ1) is 19.0. The first-order valence-corrected chi connectivity index (χ1v) is 13.3. The lowest BCUT2D eigenvalue weighted by atomic mass is 9.92. The van der Waals surface area contributed by atoms with Gasteiger partial charge in [-0.1, -0.05) is 80.9 Å². The Morgan fingerprint density at radius 1 is 0.925 bits per heavy atom. The van der Waals surface area contributed by atoms with E-state index >= 15 is 0 Å². The number of nitrogens with one attached hydrogen (secondary N) is 2. The van der Waals surface area contributed by atoms with Gasteiger partial charge in [0.15, 0.2) is 0 Å². The maximum absolute atomic E-state index is 13.5. The number of hydrogen-bond donors (Lipinski definition) is 2. The number of aromatic nitrogens is 2. The average molecular weight is 540 g/mol. The number of hydrogen-bond acceptors (Lipinski definition) is 4. The van der Waals surface area contributed by atoms with Crippen LogP contribution in [-0.2, 0) is 16.8 Å². The second-order valence-electron chi connectivity index (χ2n) is 10.9. The molecule has 0 radical (unpaired) electrons. The third-order valence-corrected chi connectivity index (χ3v) is 6.51. The topological polar surface area (TPSA) is 88.5 Å². The largest absolute Gasteiger partial charge is 0.495 e. The van der Waals surface area contributed by atoms with Gasteiger partial charge in [-0.05, 0) is 43.2 Å². The number of urea groups is 1. The van der Waals surface area contributed by atoms with Gasteiger partial charge in [-0.2, -0.15) is 5.10 Å². The van der Waals surface area contributed by atoms with Gasteiger partial charge in [-0.3, -0.25) is 4.79 Å². The summed E-state index contributed by atoms with van der Waals surface area (Å²) in [7, 11) is 1.55. The lowest BCUT2D eigenvalue weighted by molar-refractivity contribution is -0.116. The number of nitrogens with zero attached hydrogens (tertiary/aromatic N) is 3. The highest BCUT2D eigenvalue weighted by molar-refractivity contribution is 5.97. The smallest absolute Gasteiger partial charge is 0.322 e. The predicted octanol–water partition coefficient (Wildman–Crippen LogP) is 6.47. The maximum atomic E-state index is 13.5. The molecule has 208 valence electrons. The molecule has 0 aliphatic carbocycles. The van der Waals surface area contributed by atoms with E-state index in [1.807, 2.05) is 74.5 Å². The molecule has 40 heavy (non-hydrogen) atoms. The highest BCUT2D eigenvalue weighted by atomic mass is 16.5. The standard InChI is InChI=1S/C32H37N5O3/c1-22-16-17-26(23(2)18-22)37-29(19-28(35-37)32(3,4)5)34-30(38)21-36(20-24-12-8-7-9-13-24)31(39)33-25-14-10-11-15-27(25)40-6/h7-19H,20-21H2,1-6H3,(H,33,39)(H,34,38). The van der Waals surface area contributed by atoms with E-state index < -0.39 is 6.03 Å². The summed E-state index contributed by atoms with van der Waals surface area (Å²) < 4.78 is 7.15. The minimum atomic E-state index is -0.415. The first-order valence-electron chi connectivity index (χ1n) is 13.3. The SMILES string of the molecule is COc1ccccc1NC(=O)N(CC(=O)Nc1cc(C(C)(C)C)nn1-c1ccc(C)cc1C)Cc1ccccc1. The molecule has 4 aromatic rings. The van der Waals surface area contributed by atoms with Crippen LogP contribution in [0.15, 0.2) is 78.9 Å². The van der Waals surface area contributed by atoms with Crippen LogP contribution >= 0.6 is 0 Å². The fourth-order valence-electron chi connectivity index (χ4n) is 4.36. The van der Waals surface area contributed by atoms with Crippen LogP contribution in [0.1, 0.15) is 43.2 Å². The number of para-hydroxylation sites is 2. The van der Waals surface area contributed by atoms with Gasteiger partial charge in [0, 0.05) is 18.0 Å². The molecule has 8 heteroatoms. The molecule has 0 atom stereocenters. The molecule has 0 saturated carbocycles. The fourth-order valence-corrected chi connectivity index (χ4v) is 4.36. The van der Waals surface area contributed by atoms with Crippen LogP contribution < -0.4 is 15.4 Å². The lowest BCUT2D eigenvalue weighted by Gasteiger charge is -2.23. The van der Waals surface area contributed by atoms with Crippen molar-refractivity contribution in [2.75, 3.05) is 24.3 Å². The normalized spacial score (nSPS) is 11.2. The van der Waals surface area contributed by atoms with Crippen molar-refractivity contribution in [1.82, 2.24) is 14.7 Å². The zero-order chi connectivity index (χ0) is 28.9. The van der Waals surface area contributed by atoms with E-state index in [9.17, 15) is 9.59 Å². The van der Waals surface area contributed by atoms with Crippen molar-refractivity contribution in [3.63, 3.8) is 0 Å². The third-order valence-electron chi connectivity index (χ3n) is 6.51. The van der Waals surface area contributed by atoms with Crippen LogP contribution in [0.5, 0.6) is 5.75 Å². The van der Waals surface area contributed by atoms with Crippen LogP contribution in [0.2, 0.25) is 0 Å². The van der Waals surface area contributed by atoms with Crippen molar-refractivity contribution in [2.45, 2.75) is 46.6 Å². The van der Waals surface area contributed by atoms with E-state index in [1.165, 1.54) is 4.90 Å². The predicted molar refractivity (Wildman–Crippen MR) is 159 cm³/mol. The number of rotatable bonds is 8. The van der Waals surface area contributed by atoms with Gasteiger partial charge in [0.1, 0.15) is 18.1 Å². The lowest BCUT2D eigenvalue weighted by Crippen LogP contribution is -2.40. The molecule has 4 rings (SSSR count). The number of amides is 3. The maximum Gasteiger partial charge on any atom is 0.322 e. The summed E-state index contributed by atoms with van der Waals surface area (Å²) in [6.45, 7) is 10.4. The summed E-state index contributed by atoms with van der Waals surface area (Å²) in [5.41, 5.74) is 5.12. The molecule has 3 amide bonds. The number of carbonyl (C=O) groups excluding carboxylic acids is 2. The van der Waals surface area contributed by atoms with Crippen molar-refractivity contribution >= 4 is 23.4 Å². The minimum Gasteiger partial charge on any atom is -0.495 e. The Labute approximate surface area is 236 Å². The minimum absolute atomic E-state index is 0.168. The van der Waals surface area contributed by atoms with Gasteiger partial charge < -0.3 is 20.3 Å². The van der Waals surface area contributed by atoms with E-state index in [-0.39, 0.29) is 24.4 Å². The number of benzene rings is 3. The molecule has 0 unspecified atom stereocenters. The summed E-state index contributed by atoms with van der Waals surface area (Å²) in [5, 5.41) is 10.8. The molecule has 3 aromatic carbocycles. The molecule has 2 N–H and O–H groups in total. The number of carbonyl (C=O) groups is 2. The quantitative estimate of drug-likeness (QED) is 0.269. The average Bonchev–Trinajstić information content (AvgIpc) is 3.33. The van der Waals surface area contributed by atoms with Crippen LogP contribution in [0.4, 0.5) is 16.3 Å². The van der Waals surface area contributed by atoms with Crippen molar-refractivity contribution in [3.8, 4) is 11.4 Å². The Kier molecular flexibility index (Phi) is 8.58. The van der Waals surface area contributed by atoms with E-state index in [4.69, 9.17) is 9.84 Å². The van der Waals surface area contributed by atoms with Crippen LogP contribution in [0, 0.1) is 13.8 Å². The highest BCUT2D eigenvalue weighted by Gasteiger charge is 2.24. The number of aryl methyl sites for hydroxylation is 2. The molecule has 0 aliphatic rings. The van der Waals surface area contributed by atoms with Crippen molar-refractivity contribution in [1.29, 1.82) is 0 Å². The van der Waals surface area contributed by atoms with Crippen molar-refractivity contribution in [3.05, 3.63) is 101 Å². The van der Waals surface area contributed by atoms with Gasteiger partial charge in [0.05, 0.1) is 24.2 Å². The van der Waals surface area contributed by atoms with Crippen LogP contribution in [0.25, 0.3) is 5.69 Å². The first kappa shape index (κ1) is 28.4. The zero-order valence-corrected chi connectivity index (χ0v) is 24.0. The van der Waals surface area contributed by atoms with Crippen LogP contribution in [-0.4, -0.2) is 40.3 Å². The monoisotopic (exact) mass is 539 g/mol. The Morgan fingerprint density at radius 2 is 1.62 bits per heavy atom. The van der Waals surface area contributed by atoms with Gasteiger partial charge in [-0.25, -0.2) is 9.48 Å². The number of anilines is 2. The third kappa shape index (κ3) is 6.88. The molecule has 1 heterocycles. The molecule has 0 fully saturated rings. The van der Waals surface area contributed by atoms with E-state index in [0.29, 0.717) is 17.3 Å². The van der Waals surface area contributed by atoms with Crippen LogP contribution in [0.3, 0.4) is 0 Å². The van der Waals surface area contributed by atoms with Crippen molar-refractivity contribution in [2.24, 2.45) is 0 Å². The molecular weight excluding hydrogens is 502 g/mol. The molecule has 1 aromatic heterocycles. The Bertz CT molecular complexity index is 1490. The number of methoxy groups -OCH3 is 1. The van der Waals surface area contributed by atoms with Gasteiger partial charge >= 0.3 is 6.03 Å². The summed E-state index contributed by atoms with van der Waals surface area (Å²) in [5.74, 6) is 0.746. The van der Waals surface area contributed by atoms with Gasteiger partial charge in [0.25, 0.3) is 0 Å². The summed E-state index contributed by atoms with van der Waals surface area (Å²) in [6, 6.07) is 24.3. The zero-order valence-electron chi connectivity index (χ0n) is 24.0. The Balaban J connectivity index is 1.61. The fraction of sp³-hybridized carbons (Fsp3) is 0.281. The highest BCUT2D eigenvalue weighted by Crippen LogP contribution is 2.28. The van der Waals surface area contributed by atoms with E-state index in [0.717, 1.165) is 28.1 Å². The Hall–Kier alpha value is -4.59. The van der Waals surface area contributed by atoms with E-state index in [2.05, 4.69) is 37.5 Å². The second kappa shape index (κ2) is 12.1. The summed E-state index contributed by atoms with van der Waals surface area (Å²) in [6.07, 6.45) is 0. The number of ether oxygens (including phenoxy) is 1. The molecule has 8 nitrogen and oxygen atoms in total. The molecular formula is C32H37N5O3. The van der Waals surface area contributed by atoms with Crippen molar-refractivity contribution < 1.29 is 14.3 Å². The summed E-state index contributed by atoms with van der Waals surface area (Å²) in [4.78, 5) is 28.4. The van der Waals surface area contributed by atoms with Gasteiger partial charge in [0.2, 0.25) is 5.91 Å². The summed E-state index contributed by atoms with van der Waals surface area (Å²) >= 11 is 0. The Morgan fingerprint density at radius 3 is 2.30 bits per heavy atom. The molecule has 0 bridgehead atoms. The molecule has 0 spiro atoms. The van der Waals surface area contributed by atoms with E-state index in [1.54, 1.807) is 23.9 Å². The van der Waals surface area contributed by atoms with Gasteiger partial charge in [-0.15, -0.1) is 0 Å². The second-order valence-corrected chi connectivity index (χ2v) is 10.9. The molecule has 0 saturated heterocycles. The molecule has 0 aliphatic heterocycles.